The first kappa shape index (κ1) is 14.6. The maximum atomic E-state index is 13.6. The van der Waals surface area contributed by atoms with E-state index in [1.54, 1.807) is 24.3 Å². The zero-order chi connectivity index (χ0) is 14.9. The summed E-state index contributed by atoms with van der Waals surface area (Å²) in [4.78, 5) is 3.53. The van der Waals surface area contributed by atoms with Gasteiger partial charge in [0.1, 0.15) is 5.69 Å². The fraction of sp³-hybridized carbons (Fsp3) is 0.154. The molecule has 0 N–H and O–H groups in total. The van der Waals surface area contributed by atoms with Crippen LogP contribution in [0.4, 0.5) is 23.2 Å². The minimum absolute atomic E-state index is 0.0175. The third-order valence-electron chi connectivity index (χ3n) is 2.72. The first-order valence-electron chi connectivity index (χ1n) is 5.56. The highest BCUT2D eigenvalue weighted by atomic mass is 35.5. The van der Waals surface area contributed by atoms with Gasteiger partial charge in [-0.25, -0.2) is 0 Å². The minimum atomic E-state index is -1.69. The lowest BCUT2D eigenvalue weighted by Gasteiger charge is -2.21. The van der Waals surface area contributed by atoms with E-state index in [1.807, 2.05) is 0 Å². The molecule has 0 saturated heterocycles. The molecule has 1 heterocycles. The van der Waals surface area contributed by atoms with E-state index < -0.39 is 29.2 Å². The molecular weight excluding hydrogens is 296 g/mol. The summed E-state index contributed by atoms with van der Waals surface area (Å²) in [6, 6.07) is 6.63. The van der Waals surface area contributed by atoms with Crippen molar-refractivity contribution in [1.29, 1.82) is 0 Å². The van der Waals surface area contributed by atoms with E-state index in [0.29, 0.717) is 10.6 Å². The highest BCUT2D eigenvalue weighted by Gasteiger charge is 2.23. The third kappa shape index (κ3) is 2.70. The fourth-order valence-electron chi connectivity index (χ4n) is 1.77. The lowest BCUT2D eigenvalue weighted by atomic mass is 10.2. The highest BCUT2D eigenvalue weighted by Crippen LogP contribution is 2.27. The third-order valence-corrected chi connectivity index (χ3v) is 3.09. The van der Waals surface area contributed by atoms with E-state index in [2.05, 4.69) is 4.98 Å². The van der Waals surface area contributed by atoms with Crippen molar-refractivity contribution < 1.29 is 17.6 Å². The maximum absolute atomic E-state index is 13.6. The van der Waals surface area contributed by atoms with Crippen molar-refractivity contribution >= 4 is 17.3 Å². The van der Waals surface area contributed by atoms with E-state index in [1.165, 1.54) is 7.05 Å². The normalized spacial score (nSPS) is 10.7. The number of nitrogens with zero attached hydrogens (tertiary/aromatic N) is 2. The van der Waals surface area contributed by atoms with Crippen LogP contribution in [-0.2, 0) is 6.54 Å². The van der Waals surface area contributed by atoms with Gasteiger partial charge in [0.05, 0.1) is 0 Å². The van der Waals surface area contributed by atoms with Gasteiger partial charge in [-0.05, 0) is 11.6 Å². The second kappa shape index (κ2) is 5.66. The van der Waals surface area contributed by atoms with Crippen LogP contribution in [0.15, 0.2) is 24.3 Å². The zero-order valence-electron chi connectivity index (χ0n) is 10.3. The van der Waals surface area contributed by atoms with E-state index >= 15 is 0 Å². The predicted molar refractivity (Wildman–Crippen MR) is 67.6 cm³/mol. The SMILES string of the molecule is CN(Cc1ccccc1Cl)c1c(F)c(F)nc(F)c1F. The average molecular weight is 305 g/mol. The summed E-state index contributed by atoms with van der Waals surface area (Å²) in [7, 11) is 1.30. The number of aromatic nitrogens is 1. The van der Waals surface area contributed by atoms with Gasteiger partial charge < -0.3 is 4.90 Å². The molecule has 106 valence electrons. The molecule has 0 aliphatic heterocycles. The van der Waals surface area contributed by atoms with Gasteiger partial charge in [0.2, 0.25) is 11.6 Å². The van der Waals surface area contributed by atoms with Gasteiger partial charge in [-0.15, -0.1) is 0 Å². The van der Waals surface area contributed by atoms with Gasteiger partial charge in [0.15, 0.2) is 0 Å². The van der Waals surface area contributed by atoms with Crippen molar-refractivity contribution in [2.24, 2.45) is 0 Å². The summed E-state index contributed by atoms with van der Waals surface area (Å²) in [5.74, 6) is -6.47. The largest absolute Gasteiger partial charge is 0.365 e. The Morgan fingerprint density at radius 2 is 1.60 bits per heavy atom. The Bertz CT molecular complexity index is 622. The van der Waals surface area contributed by atoms with Crippen LogP contribution in [0.25, 0.3) is 0 Å². The van der Waals surface area contributed by atoms with Gasteiger partial charge in [0, 0.05) is 18.6 Å². The van der Waals surface area contributed by atoms with Gasteiger partial charge in [-0.2, -0.15) is 22.5 Å². The van der Waals surface area contributed by atoms with E-state index in [9.17, 15) is 17.6 Å². The molecule has 0 bridgehead atoms. The summed E-state index contributed by atoms with van der Waals surface area (Å²) in [5, 5.41) is 0.384. The summed E-state index contributed by atoms with van der Waals surface area (Å²) in [6.07, 6.45) is 0. The standard InChI is InChI=1S/C13H9ClF4N2/c1-20(6-7-4-2-3-5-8(7)14)11-9(15)12(17)19-13(18)10(11)16/h2-5H,6H2,1H3. The Balaban J connectivity index is 2.40. The molecule has 0 amide bonds. The van der Waals surface area contributed by atoms with Gasteiger partial charge in [0.25, 0.3) is 11.9 Å². The molecule has 7 heteroatoms. The average Bonchev–Trinajstić information content (AvgIpc) is 2.39. The van der Waals surface area contributed by atoms with Crippen molar-refractivity contribution in [3.63, 3.8) is 0 Å². The Morgan fingerprint density at radius 1 is 1.05 bits per heavy atom. The number of halogens is 5. The van der Waals surface area contributed by atoms with Crippen LogP contribution in [-0.4, -0.2) is 12.0 Å². The van der Waals surface area contributed by atoms with Crippen LogP contribution in [0.5, 0.6) is 0 Å². The molecule has 0 aliphatic carbocycles. The van der Waals surface area contributed by atoms with Crippen LogP contribution in [0.2, 0.25) is 5.02 Å². The first-order valence-corrected chi connectivity index (χ1v) is 5.94. The zero-order valence-corrected chi connectivity index (χ0v) is 11.1. The Kier molecular flexibility index (Phi) is 4.13. The van der Waals surface area contributed by atoms with Crippen LogP contribution < -0.4 is 4.90 Å². The molecule has 0 atom stereocenters. The molecule has 0 radical (unpaired) electrons. The molecule has 2 aromatic rings. The van der Waals surface area contributed by atoms with Gasteiger partial charge in [-0.3, -0.25) is 0 Å². The fourth-order valence-corrected chi connectivity index (χ4v) is 1.97. The Hall–Kier alpha value is -1.82. The molecule has 1 aromatic heterocycles. The quantitative estimate of drug-likeness (QED) is 0.631. The molecule has 20 heavy (non-hydrogen) atoms. The molecule has 0 unspecified atom stereocenters. The topological polar surface area (TPSA) is 16.1 Å². The van der Waals surface area contributed by atoms with Gasteiger partial charge >= 0.3 is 0 Å². The lowest BCUT2D eigenvalue weighted by molar-refractivity contribution is 0.407. The summed E-state index contributed by atoms with van der Waals surface area (Å²) in [5.41, 5.74) is -0.261. The minimum Gasteiger partial charge on any atom is -0.365 e. The van der Waals surface area contributed by atoms with Crippen LogP contribution >= 0.6 is 11.6 Å². The smallest absolute Gasteiger partial charge is 0.253 e. The van der Waals surface area contributed by atoms with E-state index in [0.717, 1.165) is 4.90 Å². The van der Waals surface area contributed by atoms with Crippen molar-refractivity contribution in [2.45, 2.75) is 6.54 Å². The number of hydrogen-bond donors (Lipinski definition) is 0. The van der Waals surface area contributed by atoms with Crippen LogP contribution in [0.3, 0.4) is 0 Å². The van der Waals surface area contributed by atoms with Crippen LogP contribution in [0, 0.1) is 23.5 Å². The molecule has 0 saturated carbocycles. The number of benzene rings is 1. The van der Waals surface area contributed by atoms with Crippen LogP contribution in [0.1, 0.15) is 5.56 Å². The maximum Gasteiger partial charge on any atom is 0.253 e. The number of hydrogen-bond acceptors (Lipinski definition) is 2. The molecule has 0 fully saturated rings. The molecule has 0 aliphatic rings. The van der Waals surface area contributed by atoms with Gasteiger partial charge in [-0.1, -0.05) is 29.8 Å². The summed E-state index contributed by atoms with van der Waals surface area (Å²) in [6.45, 7) is -0.0175. The molecular formula is C13H9ClF4N2. The highest BCUT2D eigenvalue weighted by molar-refractivity contribution is 6.31. The summed E-state index contributed by atoms with van der Waals surface area (Å²) < 4.78 is 53.3. The van der Waals surface area contributed by atoms with Crippen molar-refractivity contribution in [1.82, 2.24) is 4.98 Å². The van der Waals surface area contributed by atoms with E-state index in [4.69, 9.17) is 11.6 Å². The monoisotopic (exact) mass is 304 g/mol. The van der Waals surface area contributed by atoms with Crippen molar-refractivity contribution in [3.8, 4) is 0 Å². The Labute approximate surface area is 117 Å². The first-order chi connectivity index (χ1) is 9.41. The lowest BCUT2D eigenvalue weighted by Crippen LogP contribution is -2.21. The second-order valence-corrected chi connectivity index (χ2v) is 4.52. The number of anilines is 1. The Morgan fingerprint density at radius 3 is 2.15 bits per heavy atom. The molecule has 2 rings (SSSR count). The van der Waals surface area contributed by atoms with Crippen molar-refractivity contribution in [3.05, 3.63) is 58.4 Å². The molecule has 1 aromatic carbocycles. The van der Waals surface area contributed by atoms with E-state index in [-0.39, 0.29) is 6.54 Å². The number of rotatable bonds is 3. The predicted octanol–water partition coefficient (Wildman–Crippen LogP) is 3.93. The number of pyridine rings is 1. The summed E-state index contributed by atoms with van der Waals surface area (Å²) >= 11 is 5.92. The van der Waals surface area contributed by atoms with Crippen molar-refractivity contribution in [2.75, 3.05) is 11.9 Å². The molecule has 0 spiro atoms. The second-order valence-electron chi connectivity index (χ2n) is 4.12. The molecule has 2 nitrogen and oxygen atoms in total.